The molecule has 1 aliphatic heterocycles. The molecule has 0 fully saturated rings. The number of aryl methyl sites for hydroxylation is 1. The summed E-state index contributed by atoms with van der Waals surface area (Å²) >= 11 is 0. The van der Waals surface area contributed by atoms with Gasteiger partial charge in [-0.1, -0.05) is 30.7 Å². The number of fused-ring (bicyclic) bond motifs is 1. The van der Waals surface area contributed by atoms with Crippen molar-refractivity contribution in [3.8, 4) is 5.69 Å². The van der Waals surface area contributed by atoms with Crippen LogP contribution in [0.25, 0.3) is 5.69 Å². The predicted octanol–water partition coefficient (Wildman–Crippen LogP) is 2.99. The van der Waals surface area contributed by atoms with Crippen molar-refractivity contribution in [2.75, 3.05) is 19.6 Å². The molecule has 27 heavy (non-hydrogen) atoms. The third-order valence-electron chi connectivity index (χ3n) is 5.37. The fourth-order valence-electron chi connectivity index (χ4n) is 3.81. The maximum Gasteiger partial charge on any atom is 0.272 e. The summed E-state index contributed by atoms with van der Waals surface area (Å²) in [5.41, 5.74) is 6.57. The Morgan fingerprint density at radius 2 is 2.04 bits per heavy atom. The second-order valence-corrected chi connectivity index (χ2v) is 7.06. The maximum atomic E-state index is 12.8. The van der Waals surface area contributed by atoms with Gasteiger partial charge in [0.1, 0.15) is 0 Å². The van der Waals surface area contributed by atoms with Crippen LogP contribution in [0.4, 0.5) is 0 Å². The third-order valence-corrected chi connectivity index (χ3v) is 5.37. The zero-order valence-corrected chi connectivity index (χ0v) is 16.6. The molecule has 2 aliphatic rings. The Bertz CT molecular complexity index is 839. The van der Waals surface area contributed by atoms with Gasteiger partial charge in [0.2, 0.25) is 0 Å². The van der Waals surface area contributed by atoms with Crippen molar-refractivity contribution >= 4 is 18.3 Å². The highest BCUT2D eigenvalue weighted by atomic mass is 35.5. The molecule has 0 radical (unpaired) electrons. The summed E-state index contributed by atoms with van der Waals surface area (Å²) in [7, 11) is 0. The molecule has 5 nitrogen and oxygen atoms in total. The monoisotopic (exact) mass is 386 g/mol. The molecule has 2 aromatic rings. The Kier molecular flexibility index (Phi) is 6.34. The molecule has 2 N–H and O–H groups in total. The van der Waals surface area contributed by atoms with Crippen LogP contribution in [0.15, 0.2) is 35.9 Å². The van der Waals surface area contributed by atoms with E-state index in [2.05, 4.69) is 47.9 Å². The van der Waals surface area contributed by atoms with Crippen molar-refractivity contribution in [1.29, 1.82) is 0 Å². The highest BCUT2D eigenvalue weighted by Crippen LogP contribution is 2.28. The van der Waals surface area contributed by atoms with Crippen molar-refractivity contribution in [1.82, 2.24) is 20.4 Å². The number of hydrogen-bond donors (Lipinski definition) is 2. The lowest BCUT2D eigenvalue weighted by Gasteiger charge is -2.14. The standard InChI is InChI=1S/C21H26N4O.ClH/c1-2-15-6-8-17(9-7-15)25-19-5-3-4-18(19)20(24-25)21(26)23-14-16-10-12-22-13-11-16;/h6-10,22H,2-5,11-14H2,1H3,(H,23,26);1H. The lowest BCUT2D eigenvalue weighted by molar-refractivity contribution is 0.0950. The minimum absolute atomic E-state index is 0. The molecule has 2 heterocycles. The topological polar surface area (TPSA) is 59.0 Å². The van der Waals surface area contributed by atoms with Gasteiger partial charge in [-0.2, -0.15) is 5.10 Å². The molecule has 1 aliphatic carbocycles. The summed E-state index contributed by atoms with van der Waals surface area (Å²) in [6, 6.07) is 8.49. The van der Waals surface area contributed by atoms with Crippen LogP contribution in [0.5, 0.6) is 0 Å². The lowest BCUT2D eigenvalue weighted by Crippen LogP contribution is -2.30. The van der Waals surface area contributed by atoms with E-state index in [0.29, 0.717) is 12.2 Å². The number of benzene rings is 1. The number of nitrogens with zero attached hydrogens (tertiary/aromatic N) is 2. The van der Waals surface area contributed by atoms with Crippen LogP contribution in [0.1, 0.15) is 47.1 Å². The zero-order valence-electron chi connectivity index (χ0n) is 15.8. The van der Waals surface area contributed by atoms with Crippen LogP contribution in [-0.4, -0.2) is 35.3 Å². The molecule has 6 heteroatoms. The molecule has 144 valence electrons. The van der Waals surface area contributed by atoms with Gasteiger partial charge in [0.05, 0.1) is 5.69 Å². The Hall–Kier alpha value is -2.11. The molecular formula is C21H27ClN4O. The van der Waals surface area contributed by atoms with Crippen LogP contribution in [-0.2, 0) is 19.3 Å². The van der Waals surface area contributed by atoms with E-state index in [4.69, 9.17) is 5.10 Å². The van der Waals surface area contributed by atoms with Gasteiger partial charge in [-0.15, -0.1) is 12.4 Å². The summed E-state index contributed by atoms with van der Waals surface area (Å²) < 4.78 is 1.97. The summed E-state index contributed by atoms with van der Waals surface area (Å²) in [4.78, 5) is 12.8. The Morgan fingerprint density at radius 1 is 1.22 bits per heavy atom. The molecule has 1 aromatic heterocycles. The molecule has 0 spiro atoms. The van der Waals surface area contributed by atoms with Crippen LogP contribution >= 0.6 is 12.4 Å². The Labute approximate surface area is 166 Å². The van der Waals surface area contributed by atoms with Crippen molar-refractivity contribution in [2.45, 2.75) is 39.0 Å². The van der Waals surface area contributed by atoms with Gasteiger partial charge in [-0.3, -0.25) is 4.79 Å². The van der Waals surface area contributed by atoms with E-state index in [1.54, 1.807) is 0 Å². The van der Waals surface area contributed by atoms with Crippen LogP contribution in [0.2, 0.25) is 0 Å². The smallest absolute Gasteiger partial charge is 0.272 e. The molecule has 1 aromatic carbocycles. The van der Waals surface area contributed by atoms with Gasteiger partial charge in [-0.25, -0.2) is 4.68 Å². The van der Waals surface area contributed by atoms with E-state index in [9.17, 15) is 4.79 Å². The van der Waals surface area contributed by atoms with E-state index in [1.807, 2.05) is 4.68 Å². The van der Waals surface area contributed by atoms with E-state index >= 15 is 0 Å². The zero-order chi connectivity index (χ0) is 17.9. The first kappa shape index (κ1) is 19.6. The summed E-state index contributed by atoms with van der Waals surface area (Å²) in [5, 5.41) is 11.1. The van der Waals surface area contributed by atoms with E-state index < -0.39 is 0 Å². The SMILES string of the molecule is CCc1ccc(-n2nc(C(=O)NCC3=CCNCC3)c3c2CCC3)cc1.Cl. The highest BCUT2D eigenvalue weighted by Gasteiger charge is 2.26. The summed E-state index contributed by atoms with van der Waals surface area (Å²) in [6.45, 7) is 4.65. The van der Waals surface area contributed by atoms with Crippen LogP contribution in [0.3, 0.4) is 0 Å². The molecule has 0 atom stereocenters. The molecule has 0 unspecified atom stereocenters. The minimum atomic E-state index is -0.0495. The van der Waals surface area contributed by atoms with Gasteiger partial charge in [-0.05, 0) is 56.3 Å². The van der Waals surface area contributed by atoms with Crippen LogP contribution < -0.4 is 10.6 Å². The van der Waals surface area contributed by atoms with E-state index in [0.717, 1.165) is 56.4 Å². The first-order chi connectivity index (χ1) is 12.8. The van der Waals surface area contributed by atoms with Gasteiger partial charge in [0.15, 0.2) is 5.69 Å². The number of rotatable bonds is 5. The number of hydrogen-bond acceptors (Lipinski definition) is 3. The lowest BCUT2D eigenvalue weighted by atomic mass is 10.1. The van der Waals surface area contributed by atoms with Gasteiger partial charge in [0, 0.05) is 24.3 Å². The molecule has 0 bridgehead atoms. The first-order valence-electron chi connectivity index (χ1n) is 9.63. The van der Waals surface area contributed by atoms with Gasteiger partial charge >= 0.3 is 0 Å². The van der Waals surface area contributed by atoms with Crippen molar-refractivity contribution in [2.24, 2.45) is 0 Å². The Morgan fingerprint density at radius 3 is 2.74 bits per heavy atom. The van der Waals surface area contributed by atoms with E-state index in [1.165, 1.54) is 16.8 Å². The number of halogens is 1. The maximum absolute atomic E-state index is 12.8. The number of carbonyl (C=O) groups excluding carboxylic acids is 1. The normalized spacial score (nSPS) is 15.7. The van der Waals surface area contributed by atoms with Gasteiger partial charge < -0.3 is 10.6 Å². The fourth-order valence-corrected chi connectivity index (χ4v) is 3.81. The van der Waals surface area contributed by atoms with Crippen molar-refractivity contribution in [3.63, 3.8) is 0 Å². The molecule has 0 saturated carbocycles. The molecule has 1 amide bonds. The summed E-state index contributed by atoms with van der Waals surface area (Å²) in [6.07, 6.45) is 7.21. The quantitative estimate of drug-likeness (QED) is 0.776. The predicted molar refractivity (Wildman–Crippen MR) is 110 cm³/mol. The molecular weight excluding hydrogens is 360 g/mol. The van der Waals surface area contributed by atoms with Gasteiger partial charge in [0.25, 0.3) is 5.91 Å². The average molecular weight is 387 g/mol. The van der Waals surface area contributed by atoms with Crippen molar-refractivity contribution in [3.05, 3.63) is 58.4 Å². The largest absolute Gasteiger partial charge is 0.347 e. The van der Waals surface area contributed by atoms with Crippen LogP contribution in [0, 0.1) is 0 Å². The molecule has 0 saturated heterocycles. The number of nitrogens with one attached hydrogen (secondary N) is 2. The summed E-state index contributed by atoms with van der Waals surface area (Å²) in [5.74, 6) is -0.0495. The minimum Gasteiger partial charge on any atom is -0.347 e. The Balaban J connectivity index is 0.00000210. The first-order valence-corrected chi connectivity index (χ1v) is 9.63. The number of carbonyl (C=O) groups is 1. The van der Waals surface area contributed by atoms with E-state index in [-0.39, 0.29) is 18.3 Å². The van der Waals surface area contributed by atoms with Crippen molar-refractivity contribution < 1.29 is 4.79 Å². The third kappa shape index (κ3) is 4.09. The second kappa shape index (κ2) is 8.72. The fraction of sp³-hybridized carbons (Fsp3) is 0.429. The second-order valence-electron chi connectivity index (χ2n) is 7.06. The molecule has 4 rings (SSSR count). The number of aromatic nitrogens is 2. The average Bonchev–Trinajstić information content (AvgIpc) is 3.30. The number of amides is 1. The highest BCUT2D eigenvalue weighted by molar-refractivity contribution is 5.94.